The molecule has 0 amide bonds. The van der Waals surface area contributed by atoms with E-state index >= 15 is 0 Å². The second-order valence-corrected chi connectivity index (χ2v) is 6.51. The number of rotatable bonds is 6. The van der Waals surface area contributed by atoms with Crippen molar-refractivity contribution < 1.29 is 13.9 Å². The molecule has 3 aromatic rings. The lowest BCUT2D eigenvalue weighted by atomic mass is 10.1. The number of halogens is 1. The van der Waals surface area contributed by atoms with Crippen LogP contribution in [0.15, 0.2) is 57.7 Å². The van der Waals surface area contributed by atoms with Crippen LogP contribution < -0.4 is 10.4 Å². The minimum Gasteiger partial charge on any atom is -0.425 e. The Bertz CT molecular complexity index is 973. The molecule has 0 unspecified atom stereocenters. The quantitative estimate of drug-likeness (QED) is 0.455. The highest BCUT2D eigenvalue weighted by Gasteiger charge is 2.18. The average Bonchev–Trinajstić information content (AvgIpc) is 2.63. The highest BCUT2D eigenvalue weighted by Crippen LogP contribution is 2.29. The number of esters is 1. The fourth-order valence-corrected chi connectivity index (χ4v) is 2.89. The first kappa shape index (κ1) is 18.2. The van der Waals surface area contributed by atoms with Crippen molar-refractivity contribution in [1.82, 2.24) is 0 Å². The number of carbonyl (C=O) groups is 1. The average molecular weight is 371 g/mol. The third kappa shape index (κ3) is 4.14. The molecular formula is C21H19ClO4. The van der Waals surface area contributed by atoms with E-state index in [4.69, 9.17) is 20.8 Å². The maximum atomic E-state index is 12.5. The van der Waals surface area contributed by atoms with Gasteiger partial charge in [0, 0.05) is 5.02 Å². The van der Waals surface area contributed by atoms with E-state index in [-0.39, 0.29) is 6.42 Å². The van der Waals surface area contributed by atoms with Crippen LogP contribution in [-0.4, -0.2) is 5.97 Å². The van der Waals surface area contributed by atoms with Gasteiger partial charge in [-0.1, -0.05) is 49.2 Å². The number of hydrogen-bond donors (Lipinski definition) is 0. The van der Waals surface area contributed by atoms with Crippen LogP contribution >= 0.6 is 11.6 Å². The highest BCUT2D eigenvalue weighted by molar-refractivity contribution is 6.30. The smallest absolute Gasteiger partial charge is 0.343 e. The SMILES string of the molecule is CCCCc1c(OC(=O)Cc2ccc(Cl)cc2)c2ccccc2oc1=O. The monoisotopic (exact) mass is 370 g/mol. The lowest BCUT2D eigenvalue weighted by Gasteiger charge is -2.12. The standard InChI is InChI=1S/C21H19ClO4/c1-2-3-6-17-20(16-7-4-5-8-18(16)25-21(17)24)26-19(23)13-14-9-11-15(22)12-10-14/h4-5,7-12H,2-3,6,13H2,1H3. The maximum Gasteiger partial charge on any atom is 0.343 e. The number of ether oxygens (including phenoxy) is 1. The molecule has 5 heteroatoms. The third-order valence-corrected chi connectivity index (χ3v) is 4.36. The molecule has 1 aromatic heterocycles. The van der Waals surface area contributed by atoms with Crippen LogP contribution in [-0.2, 0) is 17.6 Å². The number of fused-ring (bicyclic) bond motifs is 1. The van der Waals surface area contributed by atoms with Crippen molar-refractivity contribution in [1.29, 1.82) is 0 Å². The second kappa shape index (κ2) is 8.19. The minimum absolute atomic E-state index is 0.0962. The molecule has 2 aromatic carbocycles. The summed E-state index contributed by atoms with van der Waals surface area (Å²) in [6.07, 6.45) is 2.33. The molecule has 4 nitrogen and oxygen atoms in total. The van der Waals surface area contributed by atoms with Crippen LogP contribution in [0.2, 0.25) is 5.02 Å². The number of benzene rings is 2. The molecule has 0 spiro atoms. The first-order chi connectivity index (χ1) is 12.6. The molecule has 0 aliphatic carbocycles. The molecule has 0 radical (unpaired) electrons. The molecule has 0 bridgehead atoms. The van der Waals surface area contributed by atoms with Crippen molar-refractivity contribution in [2.45, 2.75) is 32.6 Å². The van der Waals surface area contributed by atoms with Crippen molar-refractivity contribution in [3.8, 4) is 5.75 Å². The van der Waals surface area contributed by atoms with Crippen molar-refractivity contribution in [3.63, 3.8) is 0 Å². The summed E-state index contributed by atoms with van der Waals surface area (Å²) in [4.78, 5) is 24.8. The molecular weight excluding hydrogens is 352 g/mol. The van der Waals surface area contributed by atoms with E-state index in [1.165, 1.54) is 0 Å². The van der Waals surface area contributed by atoms with Gasteiger partial charge in [-0.05, 0) is 42.7 Å². The van der Waals surface area contributed by atoms with E-state index in [1.807, 2.05) is 13.0 Å². The fourth-order valence-electron chi connectivity index (χ4n) is 2.76. The second-order valence-electron chi connectivity index (χ2n) is 6.07. The molecule has 1 heterocycles. The largest absolute Gasteiger partial charge is 0.425 e. The van der Waals surface area contributed by atoms with Crippen LogP contribution in [0.3, 0.4) is 0 Å². The Morgan fingerprint density at radius 3 is 2.58 bits per heavy atom. The summed E-state index contributed by atoms with van der Waals surface area (Å²) in [6, 6.07) is 14.1. The molecule has 0 N–H and O–H groups in total. The zero-order chi connectivity index (χ0) is 18.5. The molecule has 0 saturated carbocycles. The van der Waals surface area contributed by atoms with Crippen molar-refractivity contribution in [2.24, 2.45) is 0 Å². The molecule has 0 saturated heterocycles. The van der Waals surface area contributed by atoms with Gasteiger partial charge in [-0.15, -0.1) is 0 Å². The minimum atomic E-state index is -0.452. The first-order valence-corrected chi connectivity index (χ1v) is 8.96. The van der Waals surface area contributed by atoms with Gasteiger partial charge in [0.1, 0.15) is 5.58 Å². The van der Waals surface area contributed by atoms with Gasteiger partial charge in [0.2, 0.25) is 0 Å². The molecule has 134 valence electrons. The van der Waals surface area contributed by atoms with Crippen LogP contribution in [0.5, 0.6) is 5.75 Å². The Morgan fingerprint density at radius 2 is 1.85 bits per heavy atom. The van der Waals surface area contributed by atoms with Crippen LogP contribution in [0, 0.1) is 0 Å². The van der Waals surface area contributed by atoms with Gasteiger partial charge < -0.3 is 9.15 Å². The van der Waals surface area contributed by atoms with E-state index in [1.54, 1.807) is 42.5 Å². The summed E-state index contributed by atoms with van der Waals surface area (Å²) in [6.45, 7) is 2.04. The van der Waals surface area contributed by atoms with E-state index in [0.717, 1.165) is 18.4 Å². The summed E-state index contributed by atoms with van der Waals surface area (Å²) in [5.74, 6) is -0.120. The summed E-state index contributed by atoms with van der Waals surface area (Å²) >= 11 is 5.87. The van der Waals surface area contributed by atoms with Gasteiger partial charge in [0.15, 0.2) is 5.75 Å². The van der Waals surface area contributed by atoms with Gasteiger partial charge in [-0.3, -0.25) is 4.79 Å². The molecule has 3 rings (SSSR count). The van der Waals surface area contributed by atoms with Gasteiger partial charge in [0.25, 0.3) is 0 Å². The molecule has 0 fully saturated rings. The Labute approximate surface area is 156 Å². The van der Waals surface area contributed by atoms with Gasteiger partial charge >= 0.3 is 11.6 Å². The van der Waals surface area contributed by atoms with Gasteiger partial charge in [-0.2, -0.15) is 0 Å². The van der Waals surface area contributed by atoms with Crippen LogP contribution in [0.1, 0.15) is 30.9 Å². The predicted octanol–water partition coefficient (Wildman–Crippen LogP) is 4.94. The van der Waals surface area contributed by atoms with Crippen molar-refractivity contribution in [2.75, 3.05) is 0 Å². The summed E-state index contributed by atoms with van der Waals surface area (Å²) in [5.41, 5.74) is 1.16. The Kier molecular flexibility index (Phi) is 5.74. The number of hydrogen-bond acceptors (Lipinski definition) is 4. The predicted molar refractivity (Wildman–Crippen MR) is 102 cm³/mol. The molecule has 26 heavy (non-hydrogen) atoms. The number of unbranched alkanes of at least 4 members (excludes halogenated alkanes) is 1. The first-order valence-electron chi connectivity index (χ1n) is 8.58. The lowest BCUT2D eigenvalue weighted by Crippen LogP contribution is -2.17. The molecule has 0 aliphatic heterocycles. The summed E-state index contributed by atoms with van der Waals surface area (Å²) in [5, 5.41) is 1.23. The van der Waals surface area contributed by atoms with Crippen molar-refractivity contribution >= 4 is 28.5 Å². The zero-order valence-corrected chi connectivity index (χ0v) is 15.2. The zero-order valence-electron chi connectivity index (χ0n) is 14.5. The fraction of sp³-hybridized carbons (Fsp3) is 0.238. The van der Waals surface area contributed by atoms with E-state index < -0.39 is 11.6 Å². The normalized spacial score (nSPS) is 10.8. The Hall–Kier alpha value is -2.59. The summed E-state index contributed by atoms with van der Waals surface area (Å²) in [7, 11) is 0. The molecule has 0 aliphatic rings. The molecule has 0 atom stereocenters. The summed E-state index contributed by atoms with van der Waals surface area (Å²) < 4.78 is 11.0. The number of carbonyl (C=O) groups excluding carboxylic acids is 1. The van der Waals surface area contributed by atoms with Crippen LogP contribution in [0.25, 0.3) is 11.0 Å². The third-order valence-electron chi connectivity index (χ3n) is 4.11. The Morgan fingerprint density at radius 1 is 1.12 bits per heavy atom. The van der Waals surface area contributed by atoms with Gasteiger partial charge in [0.05, 0.1) is 17.4 Å². The highest BCUT2D eigenvalue weighted by atomic mass is 35.5. The number of para-hydroxylation sites is 1. The van der Waals surface area contributed by atoms with E-state index in [9.17, 15) is 9.59 Å². The van der Waals surface area contributed by atoms with E-state index in [2.05, 4.69) is 0 Å². The maximum absolute atomic E-state index is 12.5. The van der Waals surface area contributed by atoms with Crippen molar-refractivity contribution in [3.05, 3.63) is 75.1 Å². The lowest BCUT2D eigenvalue weighted by molar-refractivity contribution is -0.133. The Balaban J connectivity index is 1.95. The van der Waals surface area contributed by atoms with Crippen LogP contribution in [0.4, 0.5) is 0 Å². The van der Waals surface area contributed by atoms with Gasteiger partial charge in [-0.25, -0.2) is 4.79 Å². The van der Waals surface area contributed by atoms with E-state index in [0.29, 0.717) is 33.7 Å². The topological polar surface area (TPSA) is 56.5 Å².